The molecule has 0 amide bonds. The zero-order valence-electron chi connectivity index (χ0n) is 15.0. The van der Waals surface area contributed by atoms with E-state index in [4.69, 9.17) is 0 Å². The second-order valence-electron chi connectivity index (χ2n) is 6.22. The largest absolute Gasteiger partial charge is 0.351 e. The van der Waals surface area contributed by atoms with Crippen molar-refractivity contribution in [2.45, 2.75) is 20.0 Å². The van der Waals surface area contributed by atoms with E-state index in [2.05, 4.69) is 63.5 Å². The molecule has 128 valence electrons. The summed E-state index contributed by atoms with van der Waals surface area (Å²) < 4.78 is 0. The van der Waals surface area contributed by atoms with Gasteiger partial charge in [0.15, 0.2) is 5.96 Å². The zero-order chi connectivity index (χ0) is 17.6. The van der Waals surface area contributed by atoms with Gasteiger partial charge in [0.1, 0.15) is 0 Å². The maximum Gasteiger partial charge on any atom is 0.194 e. The maximum absolute atomic E-state index is 4.53. The average molecular weight is 332 g/mol. The number of hydrogen-bond acceptors (Lipinski definition) is 2. The number of aryl methyl sites for hydroxylation is 1. The second kappa shape index (κ2) is 7.79. The van der Waals surface area contributed by atoms with Crippen LogP contribution in [0.2, 0.25) is 0 Å². The molecule has 3 rings (SSSR count). The number of guanidine groups is 1. The van der Waals surface area contributed by atoms with E-state index in [9.17, 15) is 0 Å². The lowest BCUT2D eigenvalue weighted by molar-refractivity contribution is 0.476. The highest BCUT2D eigenvalue weighted by Gasteiger charge is 2.08. The molecule has 0 unspecified atom stereocenters. The van der Waals surface area contributed by atoms with Crippen LogP contribution < -0.4 is 5.32 Å². The van der Waals surface area contributed by atoms with Crippen LogP contribution >= 0.6 is 0 Å². The molecule has 2 aromatic carbocycles. The summed E-state index contributed by atoms with van der Waals surface area (Å²) in [6, 6.07) is 18.9. The lowest BCUT2D eigenvalue weighted by Gasteiger charge is -2.22. The SMILES string of the molecule is CN=C(NCc1nccc2ccccc12)N(C)Cc1ccc(C)cc1. The molecule has 0 bridgehead atoms. The first kappa shape index (κ1) is 17.0. The number of fused-ring (bicyclic) bond motifs is 1. The van der Waals surface area contributed by atoms with E-state index in [1.54, 1.807) is 0 Å². The van der Waals surface area contributed by atoms with Crippen LogP contribution in [0.3, 0.4) is 0 Å². The van der Waals surface area contributed by atoms with Gasteiger partial charge in [0, 0.05) is 32.2 Å². The molecule has 0 aliphatic rings. The standard InChI is InChI=1S/C21H24N4/c1-16-8-10-17(11-9-16)15-25(3)21(22-2)24-14-20-19-7-5-4-6-18(19)12-13-23-20/h4-13H,14-15H2,1-3H3,(H,22,24). The Kier molecular flexibility index (Phi) is 5.29. The Bertz CT molecular complexity index is 863. The fraction of sp³-hybridized carbons (Fsp3) is 0.238. The summed E-state index contributed by atoms with van der Waals surface area (Å²) in [6.07, 6.45) is 1.86. The van der Waals surface area contributed by atoms with Gasteiger partial charge in [-0.15, -0.1) is 0 Å². The van der Waals surface area contributed by atoms with Crippen molar-refractivity contribution in [2.24, 2.45) is 4.99 Å². The number of aromatic nitrogens is 1. The van der Waals surface area contributed by atoms with E-state index in [1.165, 1.54) is 21.9 Å². The number of hydrogen-bond donors (Lipinski definition) is 1. The third-order valence-electron chi connectivity index (χ3n) is 4.28. The van der Waals surface area contributed by atoms with Crippen molar-refractivity contribution in [3.05, 3.63) is 77.6 Å². The quantitative estimate of drug-likeness (QED) is 0.584. The minimum Gasteiger partial charge on any atom is -0.351 e. The van der Waals surface area contributed by atoms with Crippen molar-refractivity contribution < 1.29 is 0 Å². The molecular formula is C21H24N4. The van der Waals surface area contributed by atoms with E-state index in [0.29, 0.717) is 6.54 Å². The van der Waals surface area contributed by atoms with E-state index in [0.717, 1.165) is 18.2 Å². The molecule has 4 heteroatoms. The third kappa shape index (κ3) is 4.15. The lowest BCUT2D eigenvalue weighted by atomic mass is 10.1. The van der Waals surface area contributed by atoms with Crippen molar-refractivity contribution in [1.29, 1.82) is 0 Å². The van der Waals surface area contributed by atoms with Crippen molar-refractivity contribution >= 4 is 16.7 Å². The van der Waals surface area contributed by atoms with Gasteiger partial charge in [-0.3, -0.25) is 9.98 Å². The predicted molar refractivity (Wildman–Crippen MR) is 105 cm³/mol. The highest BCUT2D eigenvalue weighted by molar-refractivity contribution is 5.85. The summed E-state index contributed by atoms with van der Waals surface area (Å²) in [5, 5.41) is 5.80. The van der Waals surface area contributed by atoms with Crippen molar-refractivity contribution in [1.82, 2.24) is 15.2 Å². The summed E-state index contributed by atoms with van der Waals surface area (Å²) in [6.45, 7) is 3.56. The number of aliphatic imine (C=N–C) groups is 1. The fourth-order valence-corrected chi connectivity index (χ4v) is 2.91. The second-order valence-corrected chi connectivity index (χ2v) is 6.22. The number of nitrogens with one attached hydrogen (secondary N) is 1. The summed E-state index contributed by atoms with van der Waals surface area (Å²) in [5.74, 6) is 0.857. The van der Waals surface area contributed by atoms with Gasteiger partial charge in [0.25, 0.3) is 0 Å². The molecule has 0 spiro atoms. The molecule has 1 heterocycles. The molecule has 0 radical (unpaired) electrons. The molecule has 0 atom stereocenters. The van der Waals surface area contributed by atoms with E-state index in [-0.39, 0.29) is 0 Å². The molecular weight excluding hydrogens is 308 g/mol. The molecule has 1 aromatic heterocycles. The van der Waals surface area contributed by atoms with Gasteiger partial charge in [-0.2, -0.15) is 0 Å². The summed E-state index contributed by atoms with van der Waals surface area (Å²) >= 11 is 0. The number of pyridine rings is 1. The molecule has 0 aliphatic carbocycles. The van der Waals surface area contributed by atoms with Gasteiger partial charge in [-0.05, 0) is 23.9 Å². The van der Waals surface area contributed by atoms with Gasteiger partial charge in [0.05, 0.1) is 12.2 Å². The fourth-order valence-electron chi connectivity index (χ4n) is 2.91. The van der Waals surface area contributed by atoms with Crippen LogP contribution in [0, 0.1) is 6.92 Å². The monoisotopic (exact) mass is 332 g/mol. The Hall–Kier alpha value is -2.88. The van der Waals surface area contributed by atoms with Crippen LogP contribution in [-0.4, -0.2) is 29.9 Å². The molecule has 0 saturated carbocycles. The van der Waals surface area contributed by atoms with E-state index in [1.807, 2.05) is 38.5 Å². The Morgan fingerprint density at radius 1 is 1.08 bits per heavy atom. The average Bonchev–Trinajstić information content (AvgIpc) is 2.64. The normalized spacial score (nSPS) is 11.6. The summed E-state index contributed by atoms with van der Waals surface area (Å²) in [7, 11) is 3.86. The van der Waals surface area contributed by atoms with Crippen molar-refractivity contribution in [3.8, 4) is 0 Å². The van der Waals surface area contributed by atoms with Gasteiger partial charge < -0.3 is 10.2 Å². The van der Waals surface area contributed by atoms with Crippen LogP contribution in [0.15, 0.2) is 65.8 Å². The van der Waals surface area contributed by atoms with Crippen LogP contribution in [0.4, 0.5) is 0 Å². The molecule has 3 aromatic rings. The summed E-state index contributed by atoms with van der Waals surface area (Å²) in [5.41, 5.74) is 3.57. The number of nitrogens with zero attached hydrogens (tertiary/aromatic N) is 3. The van der Waals surface area contributed by atoms with Crippen LogP contribution in [0.25, 0.3) is 10.8 Å². The first-order chi connectivity index (χ1) is 12.2. The van der Waals surface area contributed by atoms with Crippen molar-refractivity contribution in [2.75, 3.05) is 14.1 Å². The van der Waals surface area contributed by atoms with Crippen LogP contribution in [-0.2, 0) is 13.1 Å². The lowest BCUT2D eigenvalue weighted by Crippen LogP contribution is -2.38. The zero-order valence-corrected chi connectivity index (χ0v) is 15.0. The molecule has 0 saturated heterocycles. The number of benzene rings is 2. The van der Waals surface area contributed by atoms with Gasteiger partial charge >= 0.3 is 0 Å². The van der Waals surface area contributed by atoms with Crippen molar-refractivity contribution in [3.63, 3.8) is 0 Å². The molecule has 25 heavy (non-hydrogen) atoms. The minimum atomic E-state index is 0.645. The topological polar surface area (TPSA) is 40.5 Å². The Labute approximate surface area is 149 Å². The third-order valence-corrected chi connectivity index (χ3v) is 4.28. The van der Waals surface area contributed by atoms with E-state index < -0.39 is 0 Å². The Morgan fingerprint density at radius 3 is 2.60 bits per heavy atom. The van der Waals surface area contributed by atoms with E-state index >= 15 is 0 Å². The molecule has 4 nitrogen and oxygen atoms in total. The minimum absolute atomic E-state index is 0.645. The smallest absolute Gasteiger partial charge is 0.194 e. The molecule has 0 aliphatic heterocycles. The Morgan fingerprint density at radius 2 is 1.84 bits per heavy atom. The van der Waals surface area contributed by atoms with Gasteiger partial charge in [-0.1, -0.05) is 54.1 Å². The first-order valence-corrected chi connectivity index (χ1v) is 8.47. The highest BCUT2D eigenvalue weighted by atomic mass is 15.3. The van der Waals surface area contributed by atoms with Crippen LogP contribution in [0.5, 0.6) is 0 Å². The molecule has 0 fully saturated rings. The van der Waals surface area contributed by atoms with Crippen LogP contribution in [0.1, 0.15) is 16.8 Å². The maximum atomic E-state index is 4.53. The Balaban J connectivity index is 1.68. The summed E-state index contributed by atoms with van der Waals surface area (Å²) in [4.78, 5) is 11.1. The van der Waals surface area contributed by atoms with Gasteiger partial charge in [-0.25, -0.2) is 0 Å². The first-order valence-electron chi connectivity index (χ1n) is 8.47. The predicted octanol–water partition coefficient (Wildman–Crippen LogP) is 3.75. The number of rotatable bonds is 4. The van der Waals surface area contributed by atoms with Gasteiger partial charge in [0.2, 0.25) is 0 Å². The highest BCUT2D eigenvalue weighted by Crippen LogP contribution is 2.16. The molecule has 1 N–H and O–H groups in total.